The van der Waals surface area contributed by atoms with Crippen LogP contribution in [0.5, 0.6) is 0 Å². The van der Waals surface area contributed by atoms with Crippen molar-refractivity contribution in [3.8, 4) is 0 Å². The van der Waals surface area contributed by atoms with Gasteiger partial charge in [-0.2, -0.15) is 11.8 Å². The molecule has 0 aliphatic carbocycles. The molecule has 1 aliphatic rings. The average Bonchev–Trinajstić information content (AvgIpc) is 2.70. The first-order chi connectivity index (χ1) is 7.22. The SMILES string of the molecule is CON(C)C(=O)c1cc2c(s1)CCSC2. The van der Waals surface area contributed by atoms with E-state index in [1.54, 1.807) is 18.4 Å². The Morgan fingerprint density at radius 2 is 2.40 bits per heavy atom. The number of fused-ring (bicyclic) bond motifs is 1. The van der Waals surface area contributed by atoms with Gasteiger partial charge < -0.3 is 0 Å². The molecule has 0 unspecified atom stereocenters. The highest BCUT2D eigenvalue weighted by Crippen LogP contribution is 2.32. The summed E-state index contributed by atoms with van der Waals surface area (Å²) in [5.41, 5.74) is 1.32. The molecule has 1 aliphatic heterocycles. The summed E-state index contributed by atoms with van der Waals surface area (Å²) in [6, 6.07) is 2.00. The van der Waals surface area contributed by atoms with Crippen LogP contribution >= 0.6 is 23.1 Å². The Morgan fingerprint density at radius 1 is 1.60 bits per heavy atom. The molecule has 15 heavy (non-hydrogen) atoms. The van der Waals surface area contributed by atoms with Gasteiger partial charge in [-0.25, -0.2) is 5.06 Å². The zero-order valence-corrected chi connectivity index (χ0v) is 10.4. The van der Waals surface area contributed by atoms with Crippen LogP contribution < -0.4 is 0 Å². The van der Waals surface area contributed by atoms with Gasteiger partial charge in [0, 0.05) is 17.7 Å². The standard InChI is InChI=1S/C10H13NO2S2/c1-11(13-2)10(12)9-5-7-6-14-4-3-8(7)15-9/h5H,3-4,6H2,1-2H3. The highest BCUT2D eigenvalue weighted by Gasteiger charge is 2.19. The monoisotopic (exact) mass is 243 g/mol. The molecule has 2 heterocycles. The van der Waals surface area contributed by atoms with Crippen LogP contribution in [-0.2, 0) is 17.0 Å². The number of nitrogens with zero attached hydrogens (tertiary/aromatic N) is 1. The van der Waals surface area contributed by atoms with Crippen molar-refractivity contribution in [2.75, 3.05) is 19.9 Å². The summed E-state index contributed by atoms with van der Waals surface area (Å²) in [5.74, 6) is 2.15. The number of amides is 1. The Morgan fingerprint density at radius 3 is 3.07 bits per heavy atom. The summed E-state index contributed by atoms with van der Waals surface area (Å²) in [6.45, 7) is 0. The fourth-order valence-corrected chi connectivity index (χ4v) is 3.83. The fourth-order valence-electron chi connectivity index (χ4n) is 1.49. The van der Waals surface area contributed by atoms with Crippen LogP contribution in [0, 0.1) is 0 Å². The van der Waals surface area contributed by atoms with Gasteiger partial charge in [0.25, 0.3) is 5.91 Å². The molecule has 5 heteroatoms. The van der Waals surface area contributed by atoms with Crippen LogP contribution in [-0.4, -0.2) is 30.9 Å². The molecule has 0 spiro atoms. The number of aryl methyl sites for hydroxylation is 1. The first-order valence-corrected chi connectivity index (χ1v) is 6.71. The van der Waals surface area contributed by atoms with E-state index in [4.69, 9.17) is 4.84 Å². The summed E-state index contributed by atoms with van der Waals surface area (Å²) in [6.07, 6.45) is 1.09. The molecule has 1 aromatic rings. The number of hydrogen-bond donors (Lipinski definition) is 0. The molecule has 2 rings (SSSR count). The van der Waals surface area contributed by atoms with Crippen molar-refractivity contribution >= 4 is 29.0 Å². The Kier molecular flexibility index (Phi) is 3.33. The van der Waals surface area contributed by atoms with Gasteiger partial charge in [0.15, 0.2) is 0 Å². The third-order valence-corrected chi connectivity index (χ3v) is 4.63. The zero-order valence-electron chi connectivity index (χ0n) is 8.78. The highest BCUT2D eigenvalue weighted by atomic mass is 32.2. The molecule has 0 fully saturated rings. The second-order valence-corrected chi connectivity index (χ2v) is 5.59. The van der Waals surface area contributed by atoms with Gasteiger partial charge in [-0.15, -0.1) is 11.3 Å². The number of thioether (sulfide) groups is 1. The minimum atomic E-state index is -0.0538. The summed E-state index contributed by atoms with van der Waals surface area (Å²) < 4.78 is 0. The van der Waals surface area contributed by atoms with Gasteiger partial charge in [-0.05, 0) is 23.8 Å². The van der Waals surface area contributed by atoms with Gasteiger partial charge >= 0.3 is 0 Å². The van der Waals surface area contributed by atoms with Crippen molar-refractivity contribution in [1.82, 2.24) is 5.06 Å². The normalized spacial score (nSPS) is 14.8. The van der Waals surface area contributed by atoms with Crippen molar-refractivity contribution in [3.05, 3.63) is 21.4 Å². The Labute approximate surface area is 97.4 Å². The van der Waals surface area contributed by atoms with Gasteiger partial charge in [0.1, 0.15) is 0 Å². The van der Waals surface area contributed by atoms with E-state index in [1.807, 2.05) is 17.8 Å². The lowest BCUT2D eigenvalue weighted by Gasteiger charge is -2.11. The molecule has 0 aromatic carbocycles. The van der Waals surface area contributed by atoms with E-state index in [9.17, 15) is 4.79 Å². The molecule has 0 bridgehead atoms. The average molecular weight is 243 g/mol. The Balaban J connectivity index is 2.22. The van der Waals surface area contributed by atoms with Crippen LogP contribution in [0.1, 0.15) is 20.1 Å². The largest absolute Gasteiger partial charge is 0.287 e. The molecular formula is C10H13NO2S2. The smallest absolute Gasteiger partial charge is 0.274 e. The third kappa shape index (κ3) is 2.19. The van der Waals surface area contributed by atoms with E-state index < -0.39 is 0 Å². The molecule has 0 saturated heterocycles. The zero-order chi connectivity index (χ0) is 10.8. The Bertz CT molecular complexity index is 352. The molecule has 1 amide bonds. The maximum Gasteiger partial charge on any atom is 0.287 e. The van der Waals surface area contributed by atoms with Crippen molar-refractivity contribution < 1.29 is 9.63 Å². The quantitative estimate of drug-likeness (QED) is 0.746. The fraction of sp³-hybridized carbons (Fsp3) is 0.500. The molecular weight excluding hydrogens is 230 g/mol. The predicted octanol–water partition coefficient (Wildman–Crippen LogP) is 2.17. The first-order valence-electron chi connectivity index (χ1n) is 4.74. The van der Waals surface area contributed by atoms with E-state index in [1.165, 1.54) is 28.4 Å². The number of rotatable bonds is 2. The maximum absolute atomic E-state index is 11.8. The lowest BCUT2D eigenvalue weighted by molar-refractivity contribution is -0.0753. The van der Waals surface area contributed by atoms with Crippen LogP contribution in [0.4, 0.5) is 0 Å². The summed E-state index contributed by atoms with van der Waals surface area (Å²) in [7, 11) is 3.14. The van der Waals surface area contributed by atoms with Crippen LogP contribution in [0.3, 0.4) is 0 Å². The molecule has 1 aromatic heterocycles. The number of thiophene rings is 1. The van der Waals surface area contributed by atoms with Crippen molar-refractivity contribution in [2.45, 2.75) is 12.2 Å². The summed E-state index contributed by atoms with van der Waals surface area (Å²) in [4.78, 5) is 18.8. The first kappa shape index (κ1) is 11.0. The molecule has 0 N–H and O–H groups in total. The second kappa shape index (κ2) is 4.55. The van der Waals surface area contributed by atoms with Crippen molar-refractivity contribution in [1.29, 1.82) is 0 Å². The van der Waals surface area contributed by atoms with E-state index >= 15 is 0 Å². The number of hydroxylamine groups is 2. The minimum absolute atomic E-state index is 0.0538. The Hall–Kier alpha value is -0.520. The van der Waals surface area contributed by atoms with Crippen LogP contribution in [0.25, 0.3) is 0 Å². The highest BCUT2D eigenvalue weighted by molar-refractivity contribution is 7.98. The van der Waals surface area contributed by atoms with Crippen LogP contribution in [0.15, 0.2) is 6.07 Å². The predicted molar refractivity (Wildman–Crippen MR) is 63.3 cm³/mol. The third-order valence-electron chi connectivity index (χ3n) is 2.40. The summed E-state index contributed by atoms with van der Waals surface area (Å²) >= 11 is 3.53. The van der Waals surface area contributed by atoms with E-state index in [2.05, 4.69) is 0 Å². The van der Waals surface area contributed by atoms with Gasteiger partial charge in [0.2, 0.25) is 0 Å². The van der Waals surface area contributed by atoms with E-state index in [0.29, 0.717) is 0 Å². The lowest BCUT2D eigenvalue weighted by Crippen LogP contribution is -2.24. The molecule has 0 saturated carbocycles. The molecule has 0 radical (unpaired) electrons. The molecule has 3 nitrogen and oxygen atoms in total. The second-order valence-electron chi connectivity index (χ2n) is 3.35. The number of hydrogen-bond acceptors (Lipinski definition) is 4. The minimum Gasteiger partial charge on any atom is -0.274 e. The molecule has 0 atom stereocenters. The van der Waals surface area contributed by atoms with Crippen molar-refractivity contribution in [2.24, 2.45) is 0 Å². The number of carbonyl (C=O) groups excluding carboxylic acids is 1. The van der Waals surface area contributed by atoms with Gasteiger partial charge in [0.05, 0.1) is 12.0 Å². The van der Waals surface area contributed by atoms with Gasteiger partial charge in [-0.1, -0.05) is 0 Å². The van der Waals surface area contributed by atoms with Crippen molar-refractivity contribution in [3.63, 3.8) is 0 Å². The van der Waals surface area contributed by atoms with Gasteiger partial charge in [-0.3, -0.25) is 9.63 Å². The topological polar surface area (TPSA) is 29.5 Å². The molecule has 82 valence electrons. The maximum atomic E-state index is 11.8. The van der Waals surface area contributed by atoms with Crippen LogP contribution in [0.2, 0.25) is 0 Å². The van der Waals surface area contributed by atoms with E-state index in [0.717, 1.165) is 17.1 Å². The number of carbonyl (C=O) groups is 1. The lowest BCUT2D eigenvalue weighted by atomic mass is 10.2. The summed E-state index contributed by atoms with van der Waals surface area (Å²) in [5, 5.41) is 1.27. The van der Waals surface area contributed by atoms with E-state index in [-0.39, 0.29) is 5.91 Å².